The highest BCUT2D eigenvalue weighted by atomic mass is 16.5. The number of carbonyl (C=O) groups is 1. The number of nitrogens with zero attached hydrogens (tertiary/aromatic N) is 2. The zero-order valence-corrected chi connectivity index (χ0v) is 17.6. The van der Waals surface area contributed by atoms with Crippen molar-refractivity contribution >= 4 is 16.8 Å². The van der Waals surface area contributed by atoms with Gasteiger partial charge >= 0.3 is 5.69 Å². The van der Waals surface area contributed by atoms with E-state index in [1.165, 1.54) is 18.8 Å². The van der Waals surface area contributed by atoms with Crippen LogP contribution < -0.4 is 26.0 Å². The number of hydrogen-bond acceptors (Lipinski definition) is 5. The van der Waals surface area contributed by atoms with Gasteiger partial charge in [-0.3, -0.25) is 14.2 Å². The summed E-state index contributed by atoms with van der Waals surface area (Å²) in [6, 6.07) is 11.8. The predicted molar refractivity (Wildman–Crippen MR) is 117 cm³/mol. The third kappa shape index (κ3) is 3.93. The van der Waals surface area contributed by atoms with Gasteiger partial charge in [-0.2, -0.15) is 0 Å². The summed E-state index contributed by atoms with van der Waals surface area (Å²) in [7, 11) is 2.99. The van der Waals surface area contributed by atoms with E-state index in [0.717, 1.165) is 30.3 Å². The van der Waals surface area contributed by atoms with Crippen molar-refractivity contribution in [3.05, 3.63) is 63.3 Å². The van der Waals surface area contributed by atoms with E-state index in [2.05, 4.69) is 5.32 Å². The van der Waals surface area contributed by atoms with Gasteiger partial charge in [0.1, 0.15) is 6.54 Å². The lowest BCUT2D eigenvalue weighted by Crippen LogP contribution is -2.43. The summed E-state index contributed by atoms with van der Waals surface area (Å²) in [5, 5.41) is 3.36. The highest BCUT2D eigenvalue weighted by Crippen LogP contribution is 2.28. The summed E-state index contributed by atoms with van der Waals surface area (Å²) < 4.78 is 13.0. The van der Waals surface area contributed by atoms with Crippen LogP contribution in [-0.2, 0) is 11.3 Å². The molecule has 0 unspecified atom stereocenters. The number of rotatable bonds is 6. The lowest BCUT2D eigenvalue weighted by atomic mass is 10.2. The maximum absolute atomic E-state index is 13.4. The number of para-hydroxylation sites is 1. The molecule has 4 rings (SSSR count). The number of fused-ring (bicyclic) bond motifs is 1. The summed E-state index contributed by atoms with van der Waals surface area (Å²) in [5.41, 5.74) is -0.281. The molecule has 1 aromatic heterocycles. The van der Waals surface area contributed by atoms with Crippen LogP contribution >= 0.6 is 0 Å². The van der Waals surface area contributed by atoms with Crippen molar-refractivity contribution < 1.29 is 14.3 Å². The number of ether oxygens (including phenoxy) is 2. The molecule has 1 N–H and O–H groups in total. The molecule has 1 heterocycles. The Hall–Kier alpha value is -3.55. The van der Waals surface area contributed by atoms with Gasteiger partial charge in [-0.1, -0.05) is 25.0 Å². The van der Waals surface area contributed by atoms with Crippen LogP contribution in [0.15, 0.2) is 52.1 Å². The zero-order chi connectivity index (χ0) is 22.0. The normalized spacial score (nSPS) is 14.0. The molecular formula is C23H25N3O5. The highest BCUT2D eigenvalue weighted by Gasteiger charge is 2.20. The Morgan fingerprint density at radius 3 is 2.45 bits per heavy atom. The molecule has 1 aliphatic rings. The van der Waals surface area contributed by atoms with Crippen LogP contribution in [0.5, 0.6) is 11.5 Å². The molecule has 0 radical (unpaired) electrons. The summed E-state index contributed by atoms with van der Waals surface area (Å²) in [5.74, 6) is 0.637. The van der Waals surface area contributed by atoms with Crippen molar-refractivity contribution in [2.24, 2.45) is 0 Å². The number of aromatic nitrogens is 2. The monoisotopic (exact) mass is 423 g/mol. The second-order valence-electron chi connectivity index (χ2n) is 7.61. The molecule has 1 amide bonds. The fraction of sp³-hybridized carbons (Fsp3) is 0.348. The lowest BCUT2D eigenvalue weighted by Gasteiger charge is -2.17. The largest absolute Gasteiger partial charge is 0.493 e. The van der Waals surface area contributed by atoms with Crippen LogP contribution in [0.25, 0.3) is 16.6 Å². The minimum Gasteiger partial charge on any atom is -0.493 e. The Morgan fingerprint density at radius 2 is 1.74 bits per heavy atom. The Bertz CT molecular complexity index is 1240. The van der Waals surface area contributed by atoms with Crippen LogP contribution in [-0.4, -0.2) is 35.3 Å². The van der Waals surface area contributed by atoms with E-state index < -0.39 is 11.2 Å². The third-order valence-corrected chi connectivity index (χ3v) is 5.70. The fourth-order valence-corrected chi connectivity index (χ4v) is 4.15. The molecule has 3 aromatic rings. The van der Waals surface area contributed by atoms with E-state index in [1.807, 2.05) is 0 Å². The molecule has 2 aromatic carbocycles. The quantitative estimate of drug-likeness (QED) is 0.657. The summed E-state index contributed by atoms with van der Waals surface area (Å²) in [6.07, 6.45) is 4.09. The van der Waals surface area contributed by atoms with Gasteiger partial charge < -0.3 is 14.8 Å². The van der Waals surface area contributed by atoms with Gasteiger partial charge in [-0.25, -0.2) is 9.36 Å². The molecule has 1 saturated carbocycles. The predicted octanol–water partition coefficient (Wildman–Crippen LogP) is 2.23. The highest BCUT2D eigenvalue weighted by molar-refractivity contribution is 5.82. The van der Waals surface area contributed by atoms with Crippen molar-refractivity contribution in [2.75, 3.05) is 14.2 Å². The molecule has 0 aliphatic heterocycles. The van der Waals surface area contributed by atoms with Gasteiger partial charge in [0.15, 0.2) is 11.5 Å². The SMILES string of the molecule is COc1ccc(-n2c(=O)c3ccccc3n(CC(=O)NC3CCCC3)c2=O)cc1OC. The van der Waals surface area contributed by atoms with Crippen LogP contribution in [0.2, 0.25) is 0 Å². The standard InChI is InChI=1S/C23H25N3O5/c1-30-19-12-11-16(13-20(19)31-2)26-22(28)17-9-5-6-10-18(17)25(23(26)29)14-21(27)24-15-7-3-4-8-15/h5-6,9-13,15H,3-4,7-8,14H2,1-2H3,(H,24,27). The molecule has 8 nitrogen and oxygen atoms in total. The minimum absolute atomic E-state index is 0.145. The second kappa shape index (κ2) is 8.67. The maximum Gasteiger partial charge on any atom is 0.336 e. The number of methoxy groups -OCH3 is 2. The van der Waals surface area contributed by atoms with Gasteiger partial charge in [-0.05, 0) is 37.1 Å². The van der Waals surface area contributed by atoms with Crippen molar-refractivity contribution in [1.29, 1.82) is 0 Å². The van der Waals surface area contributed by atoms with Gasteiger partial charge in [0, 0.05) is 12.1 Å². The van der Waals surface area contributed by atoms with E-state index in [4.69, 9.17) is 9.47 Å². The van der Waals surface area contributed by atoms with Crippen LogP contribution in [0.4, 0.5) is 0 Å². The van der Waals surface area contributed by atoms with E-state index in [0.29, 0.717) is 28.1 Å². The van der Waals surface area contributed by atoms with Crippen molar-refractivity contribution in [2.45, 2.75) is 38.3 Å². The summed E-state index contributed by atoms with van der Waals surface area (Å²) >= 11 is 0. The van der Waals surface area contributed by atoms with Gasteiger partial charge in [-0.15, -0.1) is 0 Å². The number of amides is 1. The van der Waals surface area contributed by atoms with Crippen LogP contribution in [0.1, 0.15) is 25.7 Å². The topological polar surface area (TPSA) is 91.6 Å². The molecule has 0 spiro atoms. The number of hydrogen-bond donors (Lipinski definition) is 1. The van der Waals surface area contributed by atoms with Crippen LogP contribution in [0.3, 0.4) is 0 Å². The first-order chi connectivity index (χ1) is 15.0. The molecule has 162 valence electrons. The molecule has 0 bridgehead atoms. The molecule has 1 aliphatic carbocycles. The van der Waals surface area contributed by atoms with E-state index in [9.17, 15) is 14.4 Å². The molecule has 31 heavy (non-hydrogen) atoms. The first-order valence-electron chi connectivity index (χ1n) is 10.3. The lowest BCUT2D eigenvalue weighted by molar-refractivity contribution is -0.122. The smallest absolute Gasteiger partial charge is 0.336 e. The minimum atomic E-state index is -0.586. The molecule has 0 atom stereocenters. The Morgan fingerprint density at radius 1 is 1.03 bits per heavy atom. The van der Waals surface area contributed by atoms with Crippen molar-refractivity contribution in [1.82, 2.24) is 14.5 Å². The molecule has 1 fully saturated rings. The molecular weight excluding hydrogens is 398 g/mol. The molecule has 8 heteroatoms. The van der Waals surface area contributed by atoms with Gasteiger partial charge in [0.2, 0.25) is 5.91 Å². The maximum atomic E-state index is 13.4. The first kappa shape index (κ1) is 20.7. The van der Waals surface area contributed by atoms with E-state index in [1.54, 1.807) is 42.5 Å². The van der Waals surface area contributed by atoms with Crippen molar-refractivity contribution in [3.63, 3.8) is 0 Å². The number of benzene rings is 2. The Labute approximate surface area is 179 Å². The fourth-order valence-electron chi connectivity index (χ4n) is 4.15. The van der Waals surface area contributed by atoms with Crippen molar-refractivity contribution in [3.8, 4) is 17.2 Å². The number of nitrogens with one attached hydrogen (secondary N) is 1. The second-order valence-corrected chi connectivity index (χ2v) is 7.61. The van der Waals surface area contributed by atoms with Gasteiger partial charge in [0.05, 0.1) is 30.8 Å². The molecule has 0 saturated heterocycles. The summed E-state index contributed by atoms with van der Waals surface area (Å²) in [6.45, 7) is -0.163. The van der Waals surface area contributed by atoms with Gasteiger partial charge in [0.25, 0.3) is 5.56 Å². The average Bonchev–Trinajstić information content (AvgIpc) is 3.29. The average molecular weight is 423 g/mol. The van der Waals surface area contributed by atoms with E-state index >= 15 is 0 Å². The zero-order valence-electron chi connectivity index (χ0n) is 17.6. The Balaban J connectivity index is 1.84. The third-order valence-electron chi connectivity index (χ3n) is 5.70. The van der Waals surface area contributed by atoms with E-state index in [-0.39, 0.29) is 18.5 Å². The first-order valence-corrected chi connectivity index (χ1v) is 10.3. The summed E-state index contributed by atoms with van der Waals surface area (Å²) in [4.78, 5) is 39.3. The van der Waals surface area contributed by atoms with Crippen LogP contribution in [0, 0.1) is 0 Å². The Kier molecular flexibility index (Phi) is 5.79. The number of carbonyl (C=O) groups excluding carboxylic acids is 1.